The average molecular weight is 276 g/mol. The minimum Gasteiger partial charge on any atom is -0.469 e. The fraction of sp³-hybridized carbons (Fsp3) is 0.333. The number of esters is 1. The maximum Gasteiger partial charge on any atom is 0.310 e. The van der Waals surface area contributed by atoms with Crippen molar-refractivity contribution in [2.75, 3.05) is 12.9 Å². The van der Waals surface area contributed by atoms with E-state index in [4.69, 9.17) is 0 Å². The minimum absolute atomic E-state index is 0.105. The molecular formula is C15H16O3S. The molecule has 19 heavy (non-hydrogen) atoms. The second-order valence-electron chi connectivity index (χ2n) is 3.80. The molecule has 0 spiro atoms. The Morgan fingerprint density at radius 2 is 2.05 bits per heavy atom. The standard InChI is InChI=1S/C15H16O3S/c1-12(16)19-10-6-5-8-13-7-3-4-9-14(13)11-15(17)18-2/h3-4,7,9H,6,10-11H2,1-2H3. The minimum atomic E-state index is -0.276. The van der Waals surface area contributed by atoms with Crippen LogP contribution >= 0.6 is 11.8 Å². The molecule has 1 aromatic carbocycles. The third kappa shape index (κ3) is 6.12. The summed E-state index contributed by atoms with van der Waals surface area (Å²) in [5, 5.41) is 0.105. The topological polar surface area (TPSA) is 43.4 Å². The van der Waals surface area contributed by atoms with Gasteiger partial charge in [-0.1, -0.05) is 41.8 Å². The second kappa shape index (κ2) is 8.39. The Morgan fingerprint density at radius 3 is 2.74 bits per heavy atom. The maximum absolute atomic E-state index is 11.3. The molecule has 1 rings (SSSR count). The highest BCUT2D eigenvalue weighted by Crippen LogP contribution is 2.09. The predicted molar refractivity (Wildman–Crippen MR) is 76.8 cm³/mol. The van der Waals surface area contributed by atoms with E-state index in [9.17, 15) is 9.59 Å². The summed E-state index contributed by atoms with van der Waals surface area (Å²) in [4.78, 5) is 22.0. The van der Waals surface area contributed by atoms with E-state index < -0.39 is 0 Å². The number of carbonyl (C=O) groups excluding carboxylic acids is 2. The van der Waals surface area contributed by atoms with Crippen LogP contribution in [0.3, 0.4) is 0 Å². The molecule has 0 heterocycles. The summed E-state index contributed by atoms with van der Waals surface area (Å²) in [7, 11) is 1.37. The SMILES string of the molecule is COC(=O)Cc1ccccc1C#CCCSC(C)=O. The Bertz CT molecular complexity index is 512. The molecule has 0 aromatic heterocycles. The first-order chi connectivity index (χ1) is 9.13. The molecule has 4 heteroatoms. The normalized spacial score (nSPS) is 9.37. The highest BCUT2D eigenvalue weighted by atomic mass is 32.2. The van der Waals surface area contributed by atoms with E-state index >= 15 is 0 Å². The first kappa shape index (κ1) is 15.3. The Balaban J connectivity index is 2.65. The fourth-order valence-corrected chi connectivity index (χ4v) is 1.92. The van der Waals surface area contributed by atoms with E-state index in [1.54, 1.807) is 6.92 Å². The molecule has 0 unspecified atom stereocenters. The predicted octanol–water partition coefficient (Wildman–Crippen LogP) is 2.42. The number of benzene rings is 1. The zero-order chi connectivity index (χ0) is 14.1. The summed E-state index contributed by atoms with van der Waals surface area (Å²) in [5.74, 6) is 6.47. The van der Waals surface area contributed by atoms with Crippen molar-refractivity contribution in [1.82, 2.24) is 0 Å². The van der Waals surface area contributed by atoms with Gasteiger partial charge in [-0.15, -0.1) is 0 Å². The fourth-order valence-electron chi connectivity index (χ4n) is 1.43. The molecule has 0 aliphatic rings. The molecule has 0 saturated heterocycles. The summed E-state index contributed by atoms with van der Waals surface area (Å²) in [6.07, 6.45) is 0.875. The molecule has 100 valence electrons. The van der Waals surface area contributed by atoms with E-state index in [-0.39, 0.29) is 17.5 Å². The van der Waals surface area contributed by atoms with Crippen molar-refractivity contribution in [2.45, 2.75) is 19.8 Å². The third-order valence-electron chi connectivity index (χ3n) is 2.34. The van der Waals surface area contributed by atoms with Gasteiger partial charge in [0, 0.05) is 24.7 Å². The Kier molecular flexibility index (Phi) is 6.76. The number of rotatable bonds is 4. The Labute approximate surface area is 117 Å². The Hall–Kier alpha value is -1.73. The van der Waals surface area contributed by atoms with Crippen LogP contribution in [0.2, 0.25) is 0 Å². The highest BCUT2D eigenvalue weighted by Gasteiger charge is 2.05. The maximum atomic E-state index is 11.3. The molecule has 3 nitrogen and oxygen atoms in total. The van der Waals surface area contributed by atoms with Gasteiger partial charge in [-0.2, -0.15) is 0 Å². The average Bonchev–Trinajstić information content (AvgIpc) is 2.39. The van der Waals surface area contributed by atoms with Gasteiger partial charge in [0.2, 0.25) is 0 Å². The summed E-state index contributed by atoms with van der Waals surface area (Å²) < 4.78 is 4.65. The monoisotopic (exact) mass is 276 g/mol. The molecule has 0 atom stereocenters. The summed E-state index contributed by atoms with van der Waals surface area (Å²) in [6, 6.07) is 7.50. The van der Waals surface area contributed by atoms with Gasteiger partial charge in [0.25, 0.3) is 0 Å². The van der Waals surface area contributed by atoms with E-state index in [1.807, 2.05) is 24.3 Å². The lowest BCUT2D eigenvalue weighted by atomic mass is 10.1. The van der Waals surface area contributed by atoms with Crippen LogP contribution in [0.1, 0.15) is 24.5 Å². The molecule has 0 radical (unpaired) electrons. The van der Waals surface area contributed by atoms with Crippen LogP contribution in [0.5, 0.6) is 0 Å². The van der Waals surface area contributed by atoms with Gasteiger partial charge in [-0.05, 0) is 11.6 Å². The van der Waals surface area contributed by atoms with Gasteiger partial charge in [0.05, 0.1) is 13.5 Å². The number of carbonyl (C=O) groups is 2. The number of hydrogen-bond acceptors (Lipinski definition) is 4. The van der Waals surface area contributed by atoms with Gasteiger partial charge >= 0.3 is 5.97 Å². The van der Waals surface area contributed by atoms with Gasteiger partial charge in [-0.3, -0.25) is 9.59 Å². The second-order valence-corrected chi connectivity index (χ2v) is 5.07. The number of thioether (sulfide) groups is 1. The van der Waals surface area contributed by atoms with Gasteiger partial charge < -0.3 is 4.74 Å². The van der Waals surface area contributed by atoms with Crippen molar-refractivity contribution >= 4 is 22.8 Å². The van der Waals surface area contributed by atoms with Crippen LogP contribution in [-0.2, 0) is 20.7 Å². The lowest BCUT2D eigenvalue weighted by Gasteiger charge is -2.02. The van der Waals surface area contributed by atoms with Crippen molar-refractivity contribution in [2.24, 2.45) is 0 Å². The number of ether oxygens (including phenoxy) is 1. The van der Waals surface area contributed by atoms with E-state index in [1.165, 1.54) is 18.9 Å². The number of hydrogen-bond donors (Lipinski definition) is 0. The van der Waals surface area contributed by atoms with Crippen LogP contribution < -0.4 is 0 Å². The van der Waals surface area contributed by atoms with Crippen molar-refractivity contribution in [3.05, 3.63) is 35.4 Å². The van der Waals surface area contributed by atoms with E-state index in [0.29, 0.717) is 12.2 Å². The van der Waals surface area contributed by atoms with Crippen LogP contribution in [0.4, 0.5) is 0 Å². The quantitative estimate of drug-likeness (QED) is 0.481. The van der Waals surface area contributed by atoms with Crippen molar-refractivity contribution in [3.63, 3.8) is 0 Å². The van der Waals surface area contributed by atoms with Crippen molar-refractivity contribution in [3.8, 4) is 11.8 Å². The van der Waals surface area contributed by atoms with Gasteiger partial charge in [0.15, 0.2) is 5.12 Å². The zero-order valence-electron chi connectivity index (χ0n) is 11.1. The highest BCUT2D eigenvalue weighted by molar-refractivity contribution is 8.13. The van der Waals surface area contributed by atoms with Gasteiger partial charge in [-0.25, -0.2) is 0 Å². The van der Waals surface area contributed by atoms with Gasteiger partial charge in [0.1, 0.15) is 0 Å². The van der Waals surface area contributed by atoms with Crippen LogP contribution in [0.15, 0.2) is 24.3 Å². The third-order valence-corrected chi connectivity index (χ3v) is 3.15. The van der Waals surface area contributed by atoms with Crippen LogP contribution in [0, 0.1) is 11.8 Å². The molecule has 0 aliphatic heterocycles. The first-order valence-electron chi connectivity index (χ1n) is 5.90. The summed E-state index contributed by atoms with van der Waals surface area (Å²) in [6.45, 7) is 1.55. The molecular weight excluding hydrogens is 260 g/mol. The summed E-state index contributed by atoms with van der Waals surface area (Å²) >= 11 is 1.27. The molecule has 0 N–H and O–H groups in total. The number of methoxy groups -OCH3 is 1. The smallest absolute Gasteiger partial charge is 0.310 e. The Morgan fingerprint density at radius 1 is 1.32 bits per heavy atom. The molecule has 0 bridgehead atoms. The van der Waals surface area contributed by atoms with Crippen LogP contribution in [-0.4, -0.2) is 23.9 Å². The first-order valence-corrected chi connectivity index (χ1v) is 6.89. The zero-order valence-corrected chi connectivity index (χ0v) is 11.9. The lowest BCUT2D eigenvalue weighted by molar-refractivity contribution is -0.139. The molecule has 0 saturated carbocycles. The van der Waals surface area contributed by atoms with Crippen molar-refractivity contribution < 1.29 is 14.3 Å². The molecule has 0 aliphatic carbocycles. The van der Waals surface area contributed by atoms with Crippen LogP contribution in [0.25, 0.3) is 0 Å². The lowest BCUT2D eigenvalue weighted by Crippen LogP contribution is -2.05. The largest absolute Gasteiger partial charge is 0.469 e. The summed E-state index contributed by atoms with van der Waals surface area (Å²) in [5.41, 5.74) is 1.70. The molecule has 0 amide bonds. The molecule has 0 fully saturated rings. The van der Waals surface area contributed by atoms with Crippen molar-refractivity contribution in [1.29, 1.82) is 0 Å². The van der Waals surface area contributed by atoms with E-state index in [0.717, 1.165) is 11.1 Å². The molecule has 1 aromatic rings. The van der Waals surface area contributed by atoms with E-state index in [2.05, 4.69) is 16.6 Å².